The van der Waals surface area contributed by atoms with Crippen molar-refractivity contribution in [1.29, 1.82) is 0 Å². The third-order valence-corrected chi connectivity index (χ3v) is 3.53. The first kappa shape index (κ1) is 14.6. The molecule has 100 valence electrons. The molecular weight excluding hydrogens is 382 g/mol. The Bertz CT molecular complexity index is 536. The first-order chi connectivity index (χ1) is 9.06. The number of hydrogen-bond donors (Lipinski definition) is 0. The maximum atomic E-state index is 13.5. The maximum Gasteiger partial charge on any atom is 0.129 e. The van der Waals surface area contributed by atoms with Gasteiger partial charge in [-0.1, -0.05) is 44.0 Å². The van der Waals surface area contributed by atoms with Crippen LogP contribution >= 0.6 is 31.9 Å². The Labute approximate surface area is 126 Å². The molecule has 0 saturated heterocycles. The van der Waals surface area contributed by atoms with Gasteiger partial charge in [0.15, 0.2) is 0 Å². The summed E-state index contributed by atoms with van der Waals surface area (Å²) in [5.74, 6) is -0.684. The Kier molecular flexibility index (Phi) is 5.07. The smallest absolute Gasteiger partial charge is 0.129 e. The molecule has 0 atom stereocenters. The Morgan fingerprint density at radius 1 is 0.789 bits per heavy atom. The van der Waals surface area contributed by atoms with Gasteiger partial charge in [0, 0.05) is 20.1 Å². The molecule has 0 radical (unpaired) electrons. The van der Waals surface area contributed by atoms with Crippen molar-refractivity contribution in [2.24, 2.45) is 0 Å². The van der Waals surface area contributed by atoms with Crippen LogP contribution in [0, 0.1) is 11.6 Å². The summed E-state index contributed by atoms with van der Waals surface area (Å²) in [5.41, 5.74) is 0.890. The largest absolute Gasteiger partial charge is 0.372 e. The Morgan fingerprint density at radius 3 is 1.58 bits per heavy atom. The first-order valence-corrected chi connectivity index (χ1v) is 7.10. The summed E-state index contributed by atoms with van der Waals surface area (Å²) in [5, 5.41) is 0. The van der Waals surface area contributed by atoms with Crippen molar-refractivity contribution in [3.63, 3.8) is 0 Å². The van der Waals surface area contributed by atoms with Gasteiger partial charge in [0.05, 0.1) is 13.2 Å². The minimum atomic E-state index is -0.342. The fourth-order valence-corrected chi connectivity index (χ4v) is 2.21. The molecule has 0 N–H and O–H groups in total. The molecule has 0 bridgehead atoms. The lowest BCUT2D eigenvalue weighted by atomic mass is 10.2. The van der Waals surface area contributed by atoms with Gasteiger partial charge in [-0.05, 0) is 24.3 Å². The zero-order valence-corrected chi connectivity index (χ0v) is 13.0. The predicted molar refractivity (Wildman–Crippen MR) is 76.7 cm³/mol. The molecule has 0 amide bonds. The van der Waals surface area contributed by atoms with Crippen LogP contribution in [0.3, 0.4) is 0 Å². The average Bonchev–Trinajstić information content (AvgIpc) is 2.34. The molecule has 0 saturated carbocycles. The molecule has 2 aromatic rings. The van der Waals surface area contributed by atoms with Gasteiger partial charge in [0.2, 0.25) is 0 Å². The van der Waals surface area contributed by atoms with E-state index >= 15 is 0 Å². The molecule has 2 rings (SSSR count). The fraction of sp³-hybridized carbons (Fsp3) is 0.143. The predicted octanol–water partition coefficient (Wildman–Crippen LogP) is 5.21. The Morgan fingerprint density at radius 2 is 1.21 bits per heavy atom. The SMILES string of the molecule is Fc1cc(Br)ccc1COCc1ccc(Br)cc1F. The van der Waals surface area contributed by atoms with Crippen molar-refractivity contribution >= 4 is 31.9 Å². The lowest BCUT2D eigenvalue weighted by Gasteiger charge is -2.07. The molecule has 0 spiro atoms. The molecule has 5 heteroatoms. The van der Waals surface area contributed by atoms with Gasteiger partial charge in [0.1, 0.15) is 11.6 Å². The summed E-state index contributed by atoms with van der Waals surface area (Å²) in [6, 6.07) is 9.50. The summed E-state index contributed by atoms with van der Waals surface area (Å²) < 4.78 is 33.7. The summed E-state index contributed by atoms with van der Waals surface area (Å²) in [4.78, 5) is 0. The zero-order chi connectivity index (χ0) is 13.8. The third kappa shape index (κ3) is 4.09. The van der Waals surface area contributed by atoms with E-state index in [0.717, 1.165) is 0 Å². The van der Waals surface area contributed by atoms with Gasteiger partial charge in [-0.2, -0.15) is 0 Å². The molecule has 0 aromatic heterocycles. The van der Waals surface area contributed by atoms with Crippen LogP contribution < -0.4 is 0 Å². The first-order valence-electron chi connectivity index (χ1n) is 5.52. The van der Waals surface area contributed by atoms with Crippen LogP contribution in [0.25, 0.3) is 0 Å². The lowest BCUT2D eigenvalue weighted by Crippen LogP contribution is -1.98. The van der Waals surface area contributed by atoms with E-state index < -0.39 is 0 Å². The van der Waals surface area contributed by atoms with Crippen LogP contribution in [0.1, 0.15) is 11.1 Å². The Hall–Kier alpha value is -0.780. The maximum absolute atomic E-state index is 13.5. The second kappa shape index (κ2) is 6.59. The van der Waals surface area contributed by atoms with E-state index in [-0.39, 0.29) is 24.8 Å². The number of hydrogen-bond acceptors (Lipinski definition) is 1. The molecular formula is C14H10Br2F2O. The van der Waals surface area contributed by atoms with Crippen LogP contribution in [0.15, 0.2) is 45.3 Å². The molecule has 0 heterocycles. The molecule has 0 fully saturated rings. The van der Waals surface area contributed by atoms with E-state index in [9.17, 15) is 8.78 Å². The quantitative estimate of drug-likeness (QED) is 0.695. The summed E-state index contributed by atoms with van der Waals surface area (Å²) in [6.07, 6.45) is 0. The fourth-order valence-electron chi connectivity index (χ4n) is 1.55. The highest BCUT2D eigenvalue weighted by Crippen LogP contribution is 2.18. The Balaban J connectivity index is 1.96. The van der Waals surface area contributed by atoms with Crippen LogP contribution in [-0.2, 0) is 18.0 Å². The topological polar surface area (TPSA) is 9.23 Å². The molecule has 0 unspecified atom stereocenters. The normalized spacial score (nSPS) is 10.7. The summed E-state index contributed by atoms with van der Waals surface area (Å²) in [6.45, 7) is 0.212. The van der Waals surface area contributed by atoms with E-state index in [4.69, 9.17) is 4.74 Å². The number of halogens is 4. The van der Waals surface area contributed by atoms with Crippen molar-refractivity contribution < 1.29 is 13.5 Å². The van der Waals surface area contributed by atoms with Gasteiger partial charge in [-0.15, -0.1) is 0 Å². The minimum absolute atomic E-state index is 0.106. The molecule has 0 aliphatic heterocycles. The van der Waals surface area contributed by atoms with Gasteiger partial charge < -0.3 is 4.74 Å². The highest BCUT2D eigenvalue weighted by Gasteiger charge is 2.06. The van der Waals surface area contributed by atoms with Crippen LogP contribution in [0.2, 0.25) is 0 Å². The van der Waals surface area contributed by atoms with Crippen molar-refractivity contribution in [1.82, 2.24) is 0 Å². The van der Waals surface area contributed by atoms with E-state index in [1.807, 2.05) is 0 Å². The van der Waals surface area contributed by atoms with Crippen LogP contribution in [0.5, 0.6) is 0 Å². The molecule has 2 aromatic carbocycles. The number of rotatable bonds is 4. The second-order valence-corrected chi connectivity index (χ2v) is 5.80. The zero-order valence-electron chi connectivity index (χ0n) is 9.80. The van der Waals surface area contributed by atoms with Crippen LogP contribution in [0.4, 0.5) is 8.78 Å². The van der Waals surface area contributed by atoms with Gasteiger partial charge in [-0.25, -0.2) is 8.78 Å². The highest BCUT2D eigenvalue weighted by atomic mass is 79.9. The van der Waals surface area contributed by atoms with E-state index in [1.165, 1.54) is 12.1 Å². The third-order valence-electron chi connectivity index (χ3n) is 2.55. The van der Waals surface area contributed by atoms with Crippen LogP contribution in [-0.4, -0.2) is 0 Å². The van der Waals surface area contributed by atoms with E-state index in [0.29, 0.717) is 20.1 Å². The molecule has 19 heavy (non-hydrogen) atoms. The van der Waals surface area contributed by atoms with Gasteiger partial charge in [0.25, 0.3) is 0 Å². The van der Waals surface area contributed by atoms with Crippen molar-refractivity contribution in [2.75, 3.05) is 0 Å². The van der Waals surface area contributed by atoms with E-state index in [1.54, 1.807) is 24.3 Å². The van der Waals surface area contributed by atoms with Crippen molar-refractivity contribution in [3.05, 3.63) is 68.1 Å². The minimum Gasteiger partial charge on any atom is -0.372 e. The molecule has 0 aliphatic carbocycles. The second-order valence-electron chi connectivity index (χ2n) is 3.96. The monoisotopic (exact) mass is 390 g/mol. The van der Waals surface area contributed by atoms with E-state index in [2.05, 4.69) is 31.9 Å². The number of benzene rings is 2. The van der Waals surface area contributed by atoms with Crippen molar-refractivity contribution in [2.45, 2.75) is 13.2 Å². The molecule has 1 nitrogen and oxygen atoms in total. The lowest BCUT2D eigenvalue weighted by molar-refractivity contribution is 0.102. The highest BCUT2D eigenvalue weighted by molar-refractivity contribution is 9.10. The standard InChI is InChI=1S/C14H10Br2F2O/c15-11-3-1-9(13(17)5-11)7-19-8-10-2-4-12(16)6-14(10)18/h1-6H,7-8H2. The van der Waals surface area contributed by atoms with Crippen molar-refractivity contribution in [3.8, 4) is 0 Å². The summed E-state index contributed by atoms with van der Waals surface area (Å²) >= 11 is 6.37. The van der Waals surface area contributed by atoms with Gasteiger partial charge in [-0.3, -0.25) is 0 Å². The number of ether oxygens (including phenoxy) is 1. The summed E-state index contributed by atoms with van der Waals surface area (Å²) in [7, 11) is 0. The molecule has 0 aliphatic rings. The average molecular weight is 392 g/mol. The van der Waals surface area contributed by atoms with Gasteiger partial charge >= 0.3 is 0 Å².